The van der Waals surface area contributed by atoms with Crippen molar-refractivity contribution in [1.29, 1.82) is 0 Å². The molecular formula is C28H31FO6. The first kappa shape index (κ1) is 25.1. The number of benzene rings is 3. The van der Waals surface area contributed by atoms with Gasteiger partial charge in [-0.1, -0.05) is 48.5 Å². The number of rotatable bonds is 11. The summed E-state index contributed by atoms with van der Waals surface area (Å²) in [6, 6.07) is 24.8. The maximum atomic E-state index is 13.3. The van der Waals surface area contributed by atoms with Gasteiger partial charge in [0.25, 0.3) is 0 Å². The third-order valence-electron chi connectivity index (χ3n) is 5.61. The molecule has 0 radical (unpaired) electrons. The zero-order valence-corrected chi connectivity index (χ0v) is 19.9. The van der Waals surface area contributed by atoms with E-state index in [2.05, 4.69) is 0 Å². The molecule has 6 nitrogen and oxygen atoms in total. The summed E-state index contributed by atoms with van der Waals surface area (Å²) in [5.41, 5.74) is 0.804. The first-order valence-electron chi connectivity index (χ1n) is 11.6. The monoisotopic (exact) mass is 482 g/mol. The van der Waals surface area contributed by atoms with Gasteiger partial charge in [0, 0.05) is 0 Å². The summed E-state index contributed by atoms with van der Waals surface area (Å²) in [4.78, 5) is 0. The molecule has 1 N–H and O–H groups in total. The molecule has 0 amide bonds. The van der Waals surface area contributed by atoms with E-state index in [0.717, 1.165) is 5.56 Å². The summed E-state index contributed by atoms with van der Waals surface area (Å²) in [6.07, 6.45) is -2.91. The van der Waals surface area contributed by atoms with Crippen molar-refractivity contribution >= 4 is 0 Å². The maximum Gasteiger partial charge on any atom is 0.164 e. The highest BCUT2D eigenvalue weighted by Crippen LogP contribution is 2.33. The number of hydrogen-bond donors (Lipinski definition) is 1. The molecule has 1 heterocycles. The van der Waals surface area contributed by atoms with Crippen LogP contribution in [0.4, 0.5) is 4.39 Å². The van der Waals surface area contributed by atoms with Gasteiger partial charge in [-0.25, -0.2) is 4.39 Å². The normalized spacial score (nSPS) is 20.8. The number of ether oxygens (including phenoxy) is 5. The molecule has 1 fully saturated rings. The molecule has 0 aromatic heterocycles. The maximum absolute atomic E-state index is 13.3. The second kappa shape index (κ2) is 11.6. The van der Waals surface area contributed by atoms with Crippen LogP contribution >= 0.6 is 0 Å². The molecule has 3 aromatic rings. The second-order valence-corrected chi connectivity index (χ2v) is 8.86. The molecular weight excluding hydrogens is 451 g/mol. The van der Waals surface area contributed by atoms with Gasteiger partial charge in [0.15, 0.2) is 5.79 Å². The van der Waals surface area contributed by atoms with Gasteiger partial charge in [-0.2, -0.15) is 0 Å². The van der Waals surface area contributed by atoms with Crippen molar-refractivity contribution in [3.05, 3.63) is 96.3 Å². The van der Waals surface area contributed by atoms with Gasteiger partial charge < -0.3 is 28.8 Å². The molecule has 0 unspecified atom stereocenters. The minimum Gasteiger partial charge on any atom is -0.491 e. The van der Waals surface area contributed by atoms with Crippen LogP contribution in [0, 0.1) is 5.82 Å². The van der Waals surface area contributed by atoms with Crippen molar-refractivity contribution in [3.8, 4) is 11.5 Å². The average molecular weight is 483 g/mol. The van der Waals surface area contributed by atoms with Crippen molar-refractivity contribution in [3.63, 3.8) is 0 Å². The van der Waals surface area contributed by atoms with Crippen LogP contribution in [0.15, 0.2) is 84.9 Å². The van der Waals surface area contributed by atoms with Crippen LogP contribution < -0.4 is 9.47 Å². The Kier molecular flexibility index (Phi) is 8.36. The molecule has 1 saturated heterocycles. The van der Waals surface area contributed by atoms with Crippen molar-refractivity contribution in [2.24, 2.45) is 0 Å². The second-order valence-electron chi connectivity index (χ2n) is 8.86. The fraction of sp³-hybridized carbons (Fsp3) is 0.357. The zero-order chi connectivity index (χ0) is 24.7. The molecule has 4 rings (SSSR count). The minimum atomic E-state index is -0.976. The lowest BCUT2D eigenvalue weighted by Gasteiger charge is -2.29. The van der Waals surface area contributed by atoms with Crippen molar-refractivity contribution in [2.75, 3.05) is 13.2 Å². The highest BCUT2D eigenvalue weighted by atomic mass is 19.1. The van der Waals surface area contributed by atoms with E-state index in [-0.39, 0.29) is 25.6 Å². The molecule has 0 saturated carbocycles. The van der Waals surface area contributed by atoms with Crippen molar-refractivity contribution in [1.82, 2.24) is 0 Å². The first-order chi connectivity index (χ1) is 16.9. The van der Waals surface area contributed by atoms with E-state index < -0.39 is 30.2 Å². The van der Waals surface area contributed by atoms with Crippen LogP contribution in [0.3, 0.4) is 0 Å². The highest BCUT2D eigenvalue weighted by molar-refractivity contribution is 5.22. The van der Waals surface area contributed by atoms with Crippen LogP contribution in [-0.2, 0) is 20.8 Å². The van der Waals surface area contributed by atoms with Crippen LogP contribution in [0.5, 0.6) is 11.5 Å². The lowest BCUT2D eigenvalue weighted by Crippen LogP contribution is -2.47. The Balaban J connectivity index is 1.48. The number of hydrogen-bond acceptors (Lipinski definition) is 6. The molecule has 0 aliphatic carbocycles. The predicted molar refractivity (Wildman–Crippen MR) is 129 cm³/mol. The van der Waals surface area contributed by atoms with Gasteiger partial charge in [0.1, 0.15) is 54.9 Å². The molecule has 35 heavy (non-hydrogen) atoms. The summed E-state index contributed by atoms with van der Waals surface area (Å²) in [7, 11) is 0. The van der Waals surface area contributed by atoms with E-state index in [9.17, 15) is 9.50 Å². The molecule has 1 aliphatic rings. The van der Waals surface area contributed by atoms with Gasteiger partial charge in [-0.05, 0) is 55.8 Å². The van der Waals surface area contributed by atoms with Gasteiger partial charge >= 0.3 is 0 Å². The van der Waals surface area contributed by atoms with Crippen molar-refractivity contribution < 1.29 is 33.2 Å². The summed E-state index contributed by atoms with van der Waals surface area (Å²) >= 11 is 0. The minimum absolute atomic E-state index is 0.0227. The van der Waals surface area contributed by atoms with Gasteiger partial charge in [-0.3, -0.25) is 0 Å². The number of halogens is 1. The summed E-state index contributed by atoms with van der Waals surface area (Å²) in [6.45, 7) is 3.99. The Bertz CT molecular complexity index is 1030. The van der Waals surface area contributed by atoms with E-state index in [0.29, 0.717) is 11.5 Å². The van der Waals surface area contributed by atoms with E-state index in [1.165, 1.54) is 12.1 Å². The van der Waals surface area contributed by atoms with Crippen LogP contribution in [0.25, 0.3) is 0 Å². The molecule has 186 valence electrons. The Morgan fingerprint density at radius 3 is 1.94 bits per heavy atom. The third kappa shape index (κ3) is 7.26. The summed E-state index contributed by atoms with van der Waals surface area (Å²) in [5.74, 6) is 0.0877. The van der Waals surface area contributed by atoms with E-state index in [1.807, 2.05) is 60.7 Å². The molecule has 7 heteroatoms. The lowest BCUT2D eigenvalue weighted by atomic mass is 10.0. The average Bonchev–Trinajstić information content (AvgIpc) is 3.20. The Morgan fingerprint density at radius 1 is 0.800 bits per heavy atom. The van der Waals surface area contributed by atoms with Crippen LogP contribution in [-0.4, -0.2) is 48.5 Å². The number of para-hydroxylation sites is 2. The molecule has 3 aromatic carbocycles. The number of aliphatic hydroxyl groups excluding tert-OH is 1. The van der Waals surface area contributed by atoms with E-state index in [4.69, 9.17) is 23.7 Å². The molecule has 0 spiro atoms. The number of aliphatic hydroxyl groups is 1. The fourth-order valence-electron chi connectivity index (χ4n) is 3.91. The topological polar surface area (TPSA) is 66.4 Å². The van der Waals surface area contributed by atoms with Crippen LogP contribution in [0.1, 0.15) is 19.4 Å². The Morgan fingerprint density at radius 2 is 1.34 bits per heavy atom. The summed E-state index contributed by atoms with van der Waals surface area (Å²) in [5, 5.41) is 11.0. The Labute approximate surface area is 205 Å². The first-order valence-corrected chi connectivity index (χ1v) is 11.6. The van der Waals surface area contributed by atoms with Gasteiger partial charge in [0.2, 0.25) is 0 Å². The highest BCUT2D eigenvalue weighted by Gasteiger charge is 2.49. The fourth-order valence-corrected chi connectivity index (χ4v) is 3.91. The quantitative estimate of drug-likeness (QED) is 0.426. The smallest absolute Gasteiger partial charge is 0.164 e. The zero-order valence-electron chi connectivity index (χ0n) is 19.9. The van der Waals surface area contributed by atoms with Crippen molar-refractivity contribution in [2.45, 2.75) is 50.7 Å². The third-order valence-corrected chi connectivity index (χ3v) is 5.61. The van der Waals surface area contributed by atoms with E-state index >= 15 is 0 Å². The summed E-state index contributed by atoms with van der Waals surface area (Å²) < 4.78 is 43.5. The predicted octanol–water partition coefficient (Wildman–Crippen LogP) is 4.75. The van der Waals surface area contributed by atoms with E-state index in [1.54, 1.807) is 26.0 Å². The van der Waals surface area contributed by atoms with Gasteiger partial charge in [-0.15, -0.1) is 0 Å². The van der Waals surface area contributed by atoms with Crippen LogP contribution in [0.2, 0.25) is 0 Å². The Hall–Kier alpha value is -2.97. The standard InChI is InChI=1S/C28H31FO6/c1-28(2)34-26(24(30)18-31-22-9-5-3-6-10-22)27(35-28)25(19-32-23-11-7-4-8-12-23)33-17-20-13-15-21(29)16-14-20/h3-16,24-27,30H,17-19H2,1-2H3/t24-,25-,26-,27-/m1/s1. The lowest BCUT2D eigenvalue weighted by molar-refractivity contribution is -0.166. The molecule has 4 atom stereocenters. The largest absolute Gasteiger partial charge is 0.491 e. The molecule has 0 bridgehead atoms. The molecule has 1 aliphatic heterocycles. The SMILES string of the molecule is CC1(C)O[C@H]([C@H](O)COc2ccccc2)[C@@H]([C@@H](COc2ccccc2)OCc2ccc(F)cc2)O1. The van der Waals surface area contributed by atoms with Gasteiger partial charge in [0.05, 0.1) is 6.61 Å².